The number of unbranched alkanes of at least 4 members (excludes halogenated alkanes) is 3. The number of fused-ring (bicyclic) bond motifs is 2. The van der Waals surface area contributed by atoms with Crippen LogP contribution in [-0.2, 0) is 0 Å². The third-order valence-corrected chi connectivity index (χ3v) is 4.77. The highest BCUT2D eigenvalue weighted by Gasteiger charge is 2.45. The summed E-state index contributed by atoms with van der Waals surface area (Å²) in [6.45, 7) is 3.74. The molecule has 2 aliphatic heterocycles. The van der Waals surface area contributed by atoms with Gasteiger partial charge in [0, 0.05) is 12.1 Å². The molecule has 1 N–H and O–H groups in total. The van der Waals surface area contributed by atoms with E-state index >= 15 is 0 Å². The van der Waals surface area contributed by atoms with Gasteiger partial charge in [0.1, 0.15) is 0 Å². The van der Waals surface area contributed by atoms with E-state index in [1.54, 1.807) is 0 Å². The topological polar surface area (TPSA) is 23.5 Å². The van der Waals surface area contributed by atoms with Gasteiger partial charge in [-0.15, -0.1) is 6.58 Å². The molecule has 0 amide bonds. The first kappa shape index (κ1) is 13.1. The number of nitrogens with zero attached hydrogens (tertiary/aromatic N) is 1. The van der Waals surface area contributed by atoms with Crippen LogP contribution in [0.25, 0.3) is 0 Å². The van der Waals surface area contributed by atoms with E-state index in [1.165, 1.54) is 32.1 Å². The average molecular weight is 237 g/mol. The first-order valence-electron chi connectivity index (χ1n) is 7.20. The van der Waals surface area contributed by atoms with E-state index in [-0.39, 0.29) is 5.60 Å². The zero-order chi connectivity index (χ0) is 12.3. The van der Waals surface area contributed by atoms with Crippen molar-refractivity contribution in [1.29, 1.82) is 0 Å². The van der Waals surface area contributed by atoms with Gasteiger partial charge in [-0.05, 0) is 52.0 Å². The molecule has 2 fully saturated rings. The number of hydrogen-bond donors (Lipinski definition) is 1. The smallest absolute Gasteiger partial charge is 0.0677 e. The Morgan fingerprint density at radius 2 is 1.88 bits per heavy atom. The summed E-state index contributed by atoms with van der Waals surface area (Å²) in [4.78, 5) is 2.49. The molecule has 2 saturated heterocycles. The van der Waals surface area contributed by atoms with Crippen LogP contribution in [0.3, 0.4) is 0 Å². The van der Waals surface area contributed by atoms with Crippen LogP contribution in [0.4, 0.5) is 0 Å². The summed E-state index contributed by atoms with van der Waals surface area (Å²) in [6.07, 6.45) is 12.3. The van der Waals surface area contributed by atoms with Gasteiger partial charge in [-0.3, -0.25) is 0 Å². The molecule has 0 saturated carbocycles. The molecule has 0 aromatic heterocycles. The maximum Gasteiger partial charge on any atom is 0.0677 e. The van der Waals surface area contributed by atoms with Crippen molar-refractivity contribution in [3.05, 3.63) is 12.7 Å². The second-order valence-corrected chi connectivity index (χ2v) is 6.07. The number of aliphatic hydroxyl groups is 1. The van der Waals surface area contributed by atoms with E-state index in [2.05, 4.69) is 18.5 Å². The number of piperidine rings is 1. The van der Waals surface area contributed by atoms with Crippen LogP contribution in [0.2, 0.25) is 0 Å². The summed E-state index contributed by atoms with van der Waals surface area (Å²) in [5.41, 5.74) is -0.355. The third kappa shape index (κ3) is 3.11. The maximum absolute atomic E-state index is 10.7. The van der Waals surface area contributed by atoms with Crippen molar-refractivity contribution in [3.63, 3.8) is 0 Å². The fraction of sp³-hybridized carbons (Fsp3) is 0.867. The summed E-state index contributed by atoms with van der Waals surface area (Å²) in [6, 6.07) is 1.29. The minimum Gasteiger partial charge on any atom is -0.390 e. The molecule has 0 aromatic carbocycles. The molecule has 2 heteroatoms. The Kier molecular flexibility index (Phi) is 4.26. The minimum absolute atomic E-state index is 0.355. The fourth-order valence-electron chi connectivity index (χ4n) is 3.67. The molecule has 2 heterocycles. The second-order valence-electron chi connectivity index (χ2n) is 6.07. The summed E-state index contributed by atoms with van der Waals surface area (Å²) in [5.74, 6) is 0. The van der Waals surface area contributed by atoms with Crippen LogP contribution >= 0.6 is 0 Å². The van der Waals surface area contributed by atoms with Gasteiger partial charge in [0.05, 0.1) is 5.60 Å². The highest BCUT2D eigenvalue weighted by Crippen LogP contribution is 2.41. The van der Waals surface area contributed by atoms with E-state index in [0.717, 1.165) is 25.7 Å². The molecule has 0 aromatic rings. The standard InChI is InChI=1S/C15H27NO/c1-3-4-5-6-7-10-15(17)11-13-8-9-14(12-15)16(13)2/h3,13-14,17H,1,4-12H2,2H3. The van der Waals surface area contributed by atoms with E-state index < -0.39 is 0 Å². The molecular formula is C15H27NO. The van der Waals surface area contributed by atoms with Gasteiger partial charge in [-0.1, -0.05) is 18.9 Å². The zero-order valence-corrected chi connectivity index (χ0v) is 11.2. The molecule has 98 valence electrons. The lowest BCUT2D eigenvalue weighted by molar-refractivity contribution is -0.0514. The van der Waals surface area contributed by atoms with Crippen molar-refractivity contribution in [3.8, 4) is 0 Å². The Bertz CT molecular complexity index is 250. The van der Waals surface area contributed by atoms with Crippen LogP contribution in [0.1, 0.15) is 57.8 Å². The monoisotopic (exact) mass is 237 g/mol. The Morgan fingerprint density at radius 3 is 2.47 bits per heavy atom. The molecule has 2 atom stereocenters. The quantitative estimate of drug-likeness (QED) is 0.567. The summed E-state index contributed by atoms with van der Waals surface area (Å²) in [7, 11) is 2.23. The van der Waals surface area contributed by atoms with E-state index in [4.69, 9.17) is 0 Å². The zero-order valence-electron chi connectivity index (χ0n) is 11.2. The summed E-state index contributed by atoms with van der Waals surface area (Å²) in [5, 5.41) is 10.7. The summed E-state index contributed by atoms with van der Waals surface area (Å²) < 4.78 is 0. The molecule has 2 nitrogen and oxygen atoms in total. The van der Waals surface area contributed by atoms with Gasteiger partial charge in [-0.2, -0.15) is 0 Å². The Hall–Kier alpha value is -0.340. The SMILES string of the molecule is C=CCCCCCC1(O)CC2CCC(C1)N2C. The van der Waals surface area contributed by atoms with Gasteiger partial charge in [0.15, 0.2) is 0 Å². The van der Waals surface area contributed by atoms with E-state index in [1.807, 2.05) is 6.08 Å². The van der Waals surface area contributed by atoms with Gasteiger partial charge < -0.3 is 10.0 Å². The predicted molar refractivity (Wildman–Crippen MR) is 72.0 cm³/mol. The largest absolute Gasteiger partial charge is 0.390 e. The first-order valence-corrected chi connectivity index (χ1v) is 7.20. The lowest BCUT2D eigenvalue weighted by Gasteiger charge is -2.42. The second kappa shape index (κ2) is 5.53. The average Bonchev–Trinajstić information content (AvgIpc) is 2.53. The third-order valence-electron chi connectivity index (χ3n) is 4.77. The van der Waals surface area contributed by atoms with Crippen molar-refractivity contribution < 1.29 is 5.11 Å². The maximum atomic E-state index is 10.7. The predicted octanol–water partition coefficient (Wildman–Crippen LogP) is 3.11. The van der Waals surface area contributed by atoms with Crippen molar-refractivity contribution in [1.82, 2.24) is 4.90 Å². The van der Waals surface area contributed by atoms with Gasteiger partial charge in [-0.25, -0.2) is 0 Å². The van der Waals surface area contributed by atoms with Gasteiger partial charge in [0.25, 0.3) is 0 Å². The van der Waals surface area contributed by atoms with Gasteiger partial charge >= 0.3 is 0 Å². The molecule has 2 bridgehead atoms. The molecule has 2 rings (SSSR count). The van der Waals surface area contributed by atoms with Crippen molar-refractivity contribution >= 4 is 0 Å². The minimum atomic E-state index is -0.355. The Balaban J connectivity index is 1.74. The molecule has 0 aliphatic carbocycles. The van der Waals surface area contributed by atoms with Crippen LogP contribution < -0.4 is 0 Å². The van der Waals surface area contributed by atoms with Crippen LogP contribution in [0.5, 0.6) is 0 Å². The molecule has 0 spiro atoms. The van der Waals surface area contributed by atoms with E-state index in [9.17, 15) is 5.11 Å². The molecule has 2 aliphatic rings. The van der Waals surface area contributed by atoms with Gasteiger partial charge in [0.2, 0.25) is 0 Å². The van der Waals surface area contributed by atoms with Crippen molar-refractivity contribution in [2.75, 3.05) is 7.05 Å². The lowest BCUT2D eigenvalue weighted by Crippen LogP contribution is -2.49. The van der Waals surface area contributed by atoms with Crippen LogP contribution in [0.15, 0.2) is 12.7 Å². The lowest BCUT2D eigenvalue weighted by atomic mass is 9.82. The molecule has 2 unspecified atom stereocenters. The summed E-state index contributed by atoms with van der Waals surface area (Å²) >= 11 is 0. The fourth-order valence-corrected chi connectivity index (χ4v) is 3.67. The number of hydrogen-bond acceptors (Lipinski definition) is 2. The number of rotatable bonds is 6. The normalized spacial score (nSPS) is 37.3. The Morgan fingerprint density at radius 1 is 1.24 bits per heavy atom. The van der Waals surface area contributed by atoms with Crippen molar-refractivity contribution in [2.45, 2.75) is 75.5 Å². The Labute approximate surface area is 106 Å². The molecular weight excluding hydrogens is 210 g/mol. The van der Waals surface area contributed by atoms with Crippen LogP contribution in [0, 0.1) is 0 Å². The highest BCUT2D eigenvalue weighted by molar-refractivity contribution is 5.00. The van der Waals surface area contributed by atoms with E-state index in [0.29, 0.717) is 12.1 Å². The molecule has 0 radical (unpaired) electrons. The highest BCUT2D eigenvalue weighted by atomic mass is 16.3. The van der Waals surface area contributed by atoms with Crippen LogP contribution in [-0.4, -0.2) is 34.7 Å². The molecule has 17 heavy (non-hydrogen) atoms. The number of allylic oxidation sites excluding steroid dienone is 1. The first-order chi connectivity index (χ1) is 8.14. The van der Waals surface area contributed by atoms with Crippen molar-refractivity contribution in [2.24, 2.45) is 0 Å².